The summed E-state index contributed by atoms with van der Waals surface area (Å²) in [5.41, 5.74) is 0. The minimum Gasteiger partial charge on any atom is -0.343 e. The predicted molar refractivity (Wildman–Crippen MR) is 63.2 cm³/mol. The normalized spacial score (nSPS) is 25.4. The molecule has 0 aromatic carbocycles. The highest BCUT2D eigenvalue weighted by Crippen LogP contribution is 2.17. The largest absolute Gasteiger partial charge is 0.343 e. The van der Waals surface area contributed by atoms with E-state index in [1.807, 2.05) is 13.8 Å². The third-order valence-corrected chi connectivity index (χ3v) is 2.92. The second-order valence-corrected chi connectivity index (χ2v) is 4.95. The van der Waals surface area contributed by atoms with Crippen LogP contribution >= 0.6 is 0 Å². The summed E-state index contributed by atoms with van der Waals surface area (Å²) in [6.45, 7) is 5.53. The number of halogens is 1. The molecule has 5 heteroatoms. The number of nitrogens with one attached hydrogen (secondary N) is 1. The first-order chi connectivity index (χ1) is 7.97. The molecular weight excluding hydrogens is 223 g/mol. The Hall–Kier alpha value is -1.13. The Kier molecular flexibility index (Phi) is 4.90. The quantitative estimate of drug-likeness (QED) is 0.787. The van der Waals surface area contributed by atoms with Crippen molar-refractivity contribution in [1.29, 1.82) is 0 Å². The van der Waals surface area contributed by atoms with Gasteiger partial charge < -0.3 is 10.2 Å². The highest BCUT2D eigenvalue weighted by Gasteiger charge is 2.38. The van der Waals surface area contributed by atoms with Crippen LogP contribution in [-0.4, -0.2) is 42.0 Å². The maximum atomic E-state index is 12.2. The molecule has 0 radical (unpaired) electrons. The number of amides is 2. The van der Waals surface area contributed by atoms with Crippen molar-refractivity contribution in [3.05, 3.63) is 0 Å². The molecule has 2 atom stereocenters. The molecule has 2 unspecified atom stereocenters. The zero-order chi connectivity index (χ0) is 13.0. The fourth-order valence-electron chi connectivity index (χ4n) is 2.09. The van der Waals surface area contributed by atoms with Gasteiger partial charge in [0.15, 0.2) is 0 Å². The summed E-state index contributed by atoms with van der Waals surface area (Å²) >= 11 is 0. The van der Waals surface area contributed by atoms with Gasteiger partial charge in [0.1, 0.15) is 12.1 Å². The average molecular weight is 244 g/mol. The van der Waals surface area contributed by atoms with Crippen LogP contribution in [0.15, 0.2) is 0 Å². The first-order valence-corrected chi connectivity index (χ1v) is 6.14. The fraction of sp³-hybridized carbons (Fsp3) is 0.833. The Bertz CT molecular complexity index is 294. The van der Waals surface area contributed by atoms with Crippen molar-refractivity contribution in [2.45, 2.75) is 45.7 Å². The Balaban J connectivity index is 2.79. The van der Waals surface area contributed by atoms with Gasteiger partial charge in [-0.1, -0.05) is 13.8 Å². The second kappa shape index (κ2) is 5.98. The molecule has 1 saturated heterocycles. The molecule has 2 amide bonds. The average Bonchev–Trinajstić information content (AvgIpc) is 2.25. The van der Waals surface area contributed by atoms with E-state index < -0.39 is 18.8 Å². The van der Waals surface area contributed by atoms with Crippen LogP contribution in [0, 0.1) is 5.92 Å². The van der Waals surface area contributed by atoms with E-state index in [9.17, 15) is 14.0 Å². The smallest absolute Gasteiger partial charge is 0.245 e. The number of hydrogen-bond acceptors (Lipinski definition) is 2. The van der Waals surface area contributed by atoms with Crippen LogP contribution in [0.4, 0.5) is 4.39 Å². The molecular formula is C12H21FN2O2. The van der Waals surface area contributed by atoms with Gasteiger partial charge in [0.05, 0.1) is 6.67 Å². The zero-order valence-electron chi connectivity index (χ0n) is 10.7. The second-order valence-electron chi connectivity index (χ2n) is 4.95. The number of alkyl halides is 1. The Morgan fingerprint density at radius 3 is 2.59 bits per heavy atom. The highest BCUT2D eigenvalue weighted by atomic mass is 19.1. The third kappa shape index (κ3) is 3.41. The number of nitrogens with zero attached hydrogens (tertiary/aromatic N) is 1. The molecule has 0 saturated carbocycles. The molecule has 17 heavy (non-hydrogen) atoms. The van der Waals surface area contributed by atoms with Crippen LogP contribution in [0.5, 0.6) is 0 Å². The lowest BCUT2D eigenvalue weighted by molar-refractivity contribution is -0.149. The predicted octanol–water partition coefficient (Wildman–Crippen LogP) is 1.11. The lowest BCUT2D eigenvalue weighted by Gasteiger charge is -2.38. The number of carbonyl (C=O) groups is 2. The molecule has 4 nitrogen and oxygen atoms in total. The number of carbonyl (C=O) groups excluding carboxylic acids is 2. The fourth-order valence-corrected chi connectivity index (χ4v) is 2.09. The summed E-state index contributed by atoms with van der Waals surface area (Å²) in [7, 11) is 0. The van der Waals surface area contributed by atoms with Gasteiger partial charge in [0.25, 0.3) is 0 Å². The van der Waals surface area contributed by atoms with Crippen molar-refractivity contribution in [2.24, 2.45) is 5.92 Å². The summed E-state index contributed by atoms with van der Waals surface area (Å²) in [4.78, 5) is 25.3. The van der Waals surface area contributed by atoms with Crippen LogP contribution in [0.1, 0.15) is 33.6 Å². The topological polar surface area (TPSA) is 49.4 Å². The molecule has 1 rings (SSSR count). The summed E-state index contributed by atoms with van der Waals surface area (Å²) in [5, 5.41) is 2.67. The van der Waals surface area contributed by atoms with E-state index in [-0.39, 0.29) is 11.8 Å². The first kappa shape index (κ1) is 13.9. The van der Waals surface area contributed by atoms with Crippen LogP contribution < -0.4 is 5.32 Å². The number of piperazine rings is 1. The molecule has 0 aromatic rings. The zero-order valence-corrected chi connectivity index (χ0v) is 10.7. The number of rotatable bonds is 5. The van der Waals surface area contributed by atoms with Gasteiger partial charge in [-0.15, -0.1) is 0 Å². The molecule has 1 aliphatic heterocycles. The van der Waals surface area contributed by atoms with Gasteiger partial charge in [-0.05, 0) is 25.7 Å². The third-order valence-electron chi connectivity index (χ3n) is 2.92. The van der Waals surface area contributed by atoms with Crippen molar-refractivity contribution in [3.63, 3.8) is 0 Å². The van der Waals surface area contributed by atoms with Crippen LogP contribution in [0.25, 0.3) is 0 Å². The van der Waals surface area contributed by atoms with Gasteiger partial charge >= 0.3 is 0 Å². The van der Waals surface area contributed by atoms with E-state index in [0.29, 0.717) is 25.3 Å². The van der Waals surface area contributed by atoms with Crippen LogP contribution in [0.2, 0.25) is 0 Å². The van der Waals surface area contributed by atoms with E-state index in [2.05, 4.69) is 5.32 Å². The molecule has 0 aromatic heterocycles. The highest BCUT2D eigenvalue weighted by molar-refractivity contribution is 5.96. The van der Waals surface area contributed by atoms with E-state index in [4.69, 9.17) is 0 Å². The van der Waals surface area contributed by atoms with Crippen LogP contribution in [-0.2, 0) is 9.59 Å². The summed E-state index contributed by atoms with van der Waals surface area (Å²) in [5.74, 6) is 0.0909. The SMILES string of the molecule is CC(C)CC1C(=O)NC(C)C(=O)N1CCCF. The van der Waals surface area contributed by atoms with Gasteiger partial charge in [0, 0.05) is 6.54 Å². The van der Waals surface area contributed by atoms with Crippen molar-refractivity contribution >= 4 is 11.8 Å². The minimum atomic E-state index is -0.495. The summed E-state index contributed by atoms with van der Waals surface area (Å²) in [6.07, 6.45) is 0.914. The van der Waals surface area contributed by atoms with E-state index in [1.54, 1.807) is 6.92 Å². The Labute approximate surface area is 102 Å². The standard InChI is InChI=1S/C12H21FN2O2/c1-8(2)7-10-11(16)14-9(3)12(17)15(10)6-4-5-13/h8-10H,4-7H2,1-3H3,(H,14,16). The maximum Gasteiger partial charge on any atom is 0.245 e. The lowest BCUT2D eigenvalue weighted by Crippen LogP contribution is -2.62. The molecule has 1 heterocycles. The minimum absolute atomic E-state index is 0.108. The van der Waals surface area contributed by atoms with Gasteiger partial charge in [-0.25, -0.2) is 0 Å². The van der Waals surface area contributed by atoms with Crippen molar-refractivity contribution in [2.75, 3.05) is 13.2 Å². The molecule has 98 valence electrons. The molecule has 0 spiro atoms. The van der Waals surface area contributed by atoms with Gasteiger partial charge in [-0.2, -0.15) is 0 Å². The monoisotopic (exact) mass is 244 g/mol. The number of hydrogen-bond donors (Lipinski definition) is 1. The van der Waals surface area contributed by atoms with E-state index in [0.717, 1.165) is 0 Å². The first-order valence-electron chi connectivity index (χ1n) is 6.14. The van der Waals surface area contributed by atoms with E-state index >= 15 is 0 Å². The molecule has 1 N–H and O–H groups in total. The molecule has 0 bridgehead atoms. The van der Waals surface area contributed by atoms with E-state index in [1.165, 1.54) is 4.90 Å². The van der Waals surface area contributed by atoms with Gasteiger partial charge in [0.2, 0.25) is 11.8 Å². The summed E-state index contributed by atoms with van der Waals surface area (Å²) < 4.78 is 12.2. The maximum absolute atomic E-state index is 12.2. The van der Waals surface area contributed by atoms with Crippen molar-refractivity contribution in [3.8, 4) is 0 Å². The molecule has 0 aliphatic carbocycles. The summed E-state index contributed by atoms with van der Waals surface area (Å²) in [6, 6.07) is -0.934. The van der Waals surface area contributed by atoms with Crippen molar-refractivity contribution < 1.29 is 14.0 Å². The van der Waals surface area contributed by atoms with Crippen LogP contribution in [0.3, 0.4) is 0 Å². The van der Waals surface area contributed by atoms with Crippen molar-refractivity contribution in [1.82, 2.24) is 10.2 Å². The molecule has 1 aliphatic rings. The van der Waals surface area contributed by atoms with Gasteiger partial charge in [-0.3, -0.25) is 14.0 Å². The molecule has 1 fully saturated rings. The lowest BCUT2D eigenvalue weighted by atomic mass is 9.98. The Morgan fingerprint density at radius 1 is 1.41 bits per heavy atom. The Morgan fingerprint density at radius 2 is 2.06 bits per heavy atom.